The molecule has 16 heavy (non-hydrogen) atoms. The molecule has 1 aromatic carbocycles. The molecular weight excluding hydrogens is 263 g/mol. The molecule has 0 heterocycles. The molecule has 0 bridgehead atoms. The van der Waals surface area contributed by atoms with Gasteiger partial charge in [0.05, 0.1) is 0 Å². The summed E-state index contributed by atoms with van der Waals surface area (Å²) in [5, 5.41) is 11.5. The maximum absolute atomic E-state index is 10.3. The van der Waals surface area contributed by atoms with E-state index in [4.69, 9.17) is 0 Å². The van der Waals surface area contributed by atoms with Gasteiger partial charge in [-0.2, -0.15) is 0 Å². The van der Waals surface area contributed by atoms with E-state index in [1.807, 2.05) is 6.92 Å². The van der Waals surface area contributed by atoms with E-state index in [9.17, 15) is 5.11 Å². The first-order chi connectivity index (χ1) is 7.68. The average Bonchev–Trinajstić information content (AvgIpc) is 2.28. The van der Waals surface area contributed by atoms with Gasteiger partial charge in [0, 0.05) is 0 Å². The fourth-order valence-electron chi connectivity index (χ4n) is 2.37. The molecule has 1 aliphatic carbocycles. The van der Waals surface area contributed by atoms with Crippen LogP contribution in [0.4, 0.5) is 0 Å². The van der Waals surface area contributed by atoms with Crippen molar-refractivity contribution in [3.8, 4) is 0 Å². The van der Waals surface area contributed by atoms with Gasteiger partial charge in [-0.25, -0.2) is 0 Å². The first-order valence-corrected chi connectivity index (χ1v) is 8.15. The van der Waals surface area contributed by atoms with Crippen LogP contribution in [-0.2, 0) is 0 Å². The molecule has 0 aliphatic heterocycles. The molecule has 1 fully saturated rings. The van der Waals surface area contributed by atoms with Gasteiger partial charge >= 0.3 is 104 Å². The van der Waals surface area contributed by atoms with Crippen LogP contribution in [-0.4, -0.2) is 25.7 Å². The van der Waals surface area contributed by atoms with E-state index in [0.717, 1.165) is 6.42 Å². The summed E-state index contributed by atoms with van der Waals surface area (Å²) < 4.78 is 1.45. The normalized spacial score (nSPS) is 30.2. The van der Waals surface area contributed by atoms with E-state index in [1.54, 1.807) is 0 Å². The van der Waals surface area contributed by atoms with Crippen molar-refractivity contribution in [1.29, 1.82) is 0 Å². The zero-order valence-corrected chi connectivity index (χ0v) is 11.6. The minimum absolute atomic E-state index is 0.408. The van der Waals surface area contributed by atoms with E-state index in [1.165, 1.54) is 29.0 Å². The third-order valence-electron chi connectivity index (χ3n) is 3.56. The molecule has 1 nitrogen and oxygen atoms in total. The molecule has 0 unspecified atom stereocenters. The van der Waals surface area contributed by atoms with Crippen molar-refractivity contribution in [2.45, 2.75) is 43.5 Å². The Morgan fingerprint density at radius 2 is 2.06 bits per heavy atom. The molecule has 1 saturated carbocycles. The van der Waals surface area contributed by atoms with E-state index >= 15 is 0 Å². The van der Waals surface area contributed by atoms with Crippen molar-refractivity contribution in [1.82, 2.24) is 0 Å². The van der Waals surface area contributed by atoms with Crippen LogP contribution in [0.5, 0.6) is 0 Å². The van der Waals surface area contributed by atoms with Gasteiger partial charge in [0.1, 0.15) is 0 Å². The van der Waals surface area contributed by atoms with Crippen LogP contribution >= 0.6 is 0 Å². The second-order valence-corrected chi connectivity index (χ2v) is 7.22. The first-order valence-electron chi connectivity index (χ1n) is 6.09. The fraction of sp³-hybridized carbons (Fsp3) is 0.571. The van der Waals surface area contributed by atoms with Gasteiger partial charge in [0.2, 0.25) is 0 Å². The summed E-state index contributed by atoms with van der Waals surface area (Å²) in [6.07, 6.45) is 4.69. The second-order valence-electron chi connectivity index (χ2n) is 4.92. The Kier molecular flexibility index (Phi) is 4.07. The van der Waals surface area contributed by atoms with Gasteiger partial charge < -0.3 is 0 Å². The average molecular weight is 283 g/mol. The van der Waals surface area contributed by atoms with Crippen LogP contribution in [0.1, 0.15) is 32.6 Å². The maximum atomic E-state index is 10.3. The van der Waals surface area contributed by atoms with Gasteiger partial charge in [-0.3, -0.25) is 0 Å². The van der Waals surface area contributed by atoms with Gasteiger partial charge in [-0.15, -0.1) is 0 Å². The summed E-state index contributed by atoms with van der Waals surface area (Å²) in [6, 6.07) is 10.7. The fourth-order valence-corrected chi connectivity index (χ4v) is 5.03. The Bertz CT molecular complexity index is 321. The number of hydrogen-bond donors (Lipinski definition) is 1. The van der Waals surface area contributed by atoms with Gasteiger partial charge in [-0.1, -0.05) is 0 Å². The predicted molar refractivity (Wildman–Crippen MR) is 69.2 cm³/mol. The van der Waals surface area contributed by atoms with Crippen molar-refractivity contribution in [3.05, 3.63) is 30.3 Å². The monoisotopic (exact) mass is 284 g/mol. The zero-order valence-electron chi connectivity index (χ0n) is 9.86. The van der Waals surface area contributed by atoms with E-state index < -0.39 is 5.60 Å². The van der Waals surface area contributed by atoms with E-state index in [0.29, 0.717) is 20.9 Å². The van der Waals surface area contributed by atoms with Gasteiger partial charge in [-0.05, 0) is 0 Å². The SMILES string of the molecule is C[C@]1(O)CCCC[C@@H]1C[Se]c1ccccc1. The summed E-state index contributed by atoms with van der Waals surface area (Å²) in [5.41, 5.74) is -0.408. The molecule has 1 aliphatic rings. The quantitative estimate of drug-likeness (QED) is 0.844. The molecule has 1 N–H and O–H groups in total. The van der Waals surface area contributed by atoms with E-state index in [2.05, 4.69) is 30.3 Å². The summed E-state index contributed by atoms with van der Waals surface area (Å²) in [5.74, 6) is 0.515. The Labute approximate surface area is 104 Å². The second kappa shape index (κ2) is 5.35. The van der Waals surface area contributed by atoms with Crippen LogP contribution in [0, 0.1) is 5.92 Å². The number of hydrogen-bond acceptors (Lipinski definition) is 1. The number of benzene rings is 1. The van der Waals surface area contributed by atoms with Gasteiger partial charge in [0.15, 0.2) is 0 Å². The van der Waals surface area contributed by atoms with Crippen LogP contribution < -0.4 is 4.46 Å². The summed E-state index contributed by atoms with van der Waals surface area (Å²) in [6.45, 7) is 2.03. The van der Waals surface area contributed by atoms with Crippen LogP contribution in [0.25, 0.3) is 0 Å². The molecule has 1 aromatic rings. The van der Waals surface area contributed by atoms with Crippen LogP contribution in [0.3, 0.4) is 0 Å². The Balaban J connectivity index is 1.90. The third-order valence-corrected chi connectivity index (χ3v) is 6.02. The van der Waals surface area contributed by atoms with Crippen molar-refractivity contribution in [2.24, 2.45) is 5.92 Å². The molecule has 88 valence electrons. The van der Waals surface area contributed by atoms with Gasteiger partial charge in [0.25, 0.3) is 0 Å². The molecule has 2 atom stereocenters. The molecular formula is C14H20OSe. The van der Waals surface area contributed by atoms with Crippen molar-refractivity contribution in [3.63, 3.8) is 0 Å². The standard InChI is InChI=1S/C14H20OSe/c1-14(15)10-6-5-7-12(14)11-16-13-8-3-2-4-9-13/h2-4,8-9,12,15H,5-7,10-11H2,1H3/t12-,14+/m1/s1. The molecule has 0 spiro atoms. The Morgan fingerprint density at radius 1 is 1.31 bits per heavy atom. The van der Waals surface area contributed by atoms with Crippen LogP contribution in [0.15, 0.2) is 30.3 Å². The van der Waals surface area contributed by atoms with Crippen molar-refractivity contribution >= 4 is 19.4 Å². The molecule has 0 radical (unpaired) electrons. The summed E-state index contributed by atoms with van der Waals surface area (Å²) in [7, 11) is 0. The molecule has 2 heteroatoms. The Hall–Kier alpha value is -0.301. The zero-order chi connectivity index (χ0) is 11.4. The topological polar surface area (TPSA) is 20.2 Å². The van der Waals surface area contributed by atoms with E-state index in [-0.39, 0.29) is 0 Å². The molecule has 2 rings (SSSR count). The molecule has 0 saturated heterocycles. The molecule has 0 aromatic heterocycles. The summed E-state index contributed by atoms with van der Waals surface area (Å²) >= 11 is 0.521. The molecule has 0 amide bonds. The summed E-state index contributed by atoms with van der Waals surface area (Å²) in [4.78, 5) is 0. The number of rotatable bonds is 3. The van der Waals surface area contributed by atoms with Crippen molar-refractivity contribution < 1.29 is 5.11 Å². The first kappa shape index (κ1) is 12.2. The minimum atomic E-state index is -0.408. The predicted octanol–water partition coefficient (Wildman–Crippen LogP) is 2.38. The van der Waals surface area contributed by atoms with Crippen molar-refractivity contribution in [2.75, 3.05) is 0 Å². The van der Waals surface area contributed by atoms with Crippen LogP contribution in [0.2, 0.25) is 5.32 Å². The number of aliphatic hydroxyl groups is 1. The third kappa shape index (κ3) is 3.10. The Morgan fingerprint density at radius 3 is 2.75 bits per heavy atom.